The van der Waals surface area contributed by atoms with Gasteiger partial charge in [0.25, 0.3) is 5.56 Å². The van der Waals surface area contributed by atoms with Crippen molar-refractivity contribution in [2.24, 2.45) is 19.1 Å². The second-order valence-corrected chi connectivity index (χ2v) is 3.80. The van der Waals surface area contributed by atoms with Crippen LogP contribution in [0.15, 0.2) is 14.6 Å². The number of nitrogen functional groups attached to an aromatic ring is 1. The number of aromatic nitrogens is 2. The van der Waals surface area contributed by atoms with Gasteiger partial charge in [-0.05, 0) is 6.92 Å². The molecule has 3 N–H and O–H groups in total. The molecular weight excluding hydrogens is 240 g/mol. The van der Waals surface area contributed by atoms with Gasteiger partial charge in [0.15, 0.2) is 0 Å². The molecule has 0 aliphatic heterocycles. The Bertz CT molecular complexity index is 626. The van der Waals surface area contributed by atoms with Gasteiger partial charge in [-0.1, -0.05) is 0 Å². The second-order valence-electron chi connectivity index (χ2n) is 3.80. The highest BCUT2D eigenvalue weighted by Crippen LogP contribution is 2.00. The summed E-state index contributed by atoms with van der Waals surface area (Å²) in [5.74, 6) is -1.17. The minimum atomic E-state index is -1.12. The van der Waals surface area contributed by atoms with E-state index in [0.29, 0.717) is 0 Å². The van der Waals surface area contributed by atoms with E-state index in [2.05, 4.69) is 4.99 Å². The van der Waals surface area contributed by atoms with Gasteiger partial charge in [-0.2, -0.15) is 0 Å². The quantitative estimate of drug-likeness (QED) is 0.640. The van der Waals surface area contributed by atoms with Gasteiger partial charge in [0.1, 0.15) is 11.9 Å². The van der Waals surface area contributed by atoms with E-state index in [1.165, 1.54) is 21.0 Å². The molecule has 1 atom stereocenters. The Labute approximate surface area is 102 Å². The molecular formula is C10H14N4O4. The van der Waals surface area contributed by atoms with Crippen molar-refractivity contribution in [2.75, 3.05) is 5.73 Å². The highest BCUT2D eigenvalue weighted by Gasteiger charge is 2.13. The zero-order valence-corrected chi connectivity index (χ0v) is 10.2. The minimum absolute atomic E-state index is 0.00676. The Balaban J connectivity index is 3.40. The molecule has 0 saturated heterocycles. The van der Waals surface area contributed by atoms with Gasteiger partial charge in [-0.15, -0.1) is 0 Å². The molecule has 1 aromatic heterocycles. The van der Waals surface area contributed by atoms with Crippen LogP contribution in [0.25, 0.3) is 0 Å². The summed E-state index contributed by atoms with van der Waals surface area (Å²) in [6, 6.07) is -0.994. The van der Waals surface area contributed by atoms with Gasteiger partial charge in [0.2, 0.25) is 0 Å². The Kier molecular flexibility index (Phi) is 3.70. The van der Waals surface area contributed by atoms with Gasteiger partial charge < -0.3 is 10.8 Å². The largest absolute Gasteiger partial charge is 0.480 e. The standard InChI is InChI=1S/C10H14N4O4/c1-5(9(16)17)12-4-6-7(11)13(2)10(18)14(3)8(6)15/h4-5H,11H2,1-3H3,(H,16,17). The SMILES string of the molecule is CC(N=Cc1c(N)n(C)c(=O)n(C)c1=O)C(=O)O. The first-order valence-corrected chi connectivity index (χ1v) is 5.08. The summed E-state index contributed by atoms with van der Waals surface area (Å²) in [6.45, 7) is 1.36. The lowest BCUT2D eigenvalue weighted by molar-refractivity contribution is -0.137. The Morgan fingerprint density at radius 3 is 2.44 bits per heavy atom. The van der Waals surface area contributed by atoms with Crippen molar-refractivity contribution in [3.05, 3.63) is 26.4 Å². The summed E-state index contributed by atoms with van der Waals surface area (Å²) in [4.78, 5) is 37.6. The van der Waals surface area contributed by atoms with Crippen molar-refractivity contribution in [1.82, 2.24) is 9.13 Å². The molecule has 0 radical (unpaired) electrons. The van der Waals surface area contributed by atoms with Gasteiger partial charge in [-0.25, -0.2) is 9.59 Å². The van der Waals surface area contributed by atoms with Crippen molar-refractivity contribution >= 4 is 18.0 Å². The molecule has 0 bridgehead atoms. The van der Waals surface area contributed by atoms with Crippen LogP contribution in [-0.4, -0.2) is 32.5 Å². The number of aliphatic imine (C=N–C) groups is 1. The van der Waals surface area contributed by atoms with Crippen LogP contribution in [0.4, 0.5) is 5.82 Å². The van der Waals surface area contributed by atoms with Crippen LogP contribution in [0.2, 0.25) is 0 Å². The van der Waals surface area contributed by atoms with Crippen LogP contribution < -0.4 is 17.0 Å². The van der Waals surface area contributed by atoms with Gasteiger partial charge in [0, 0.05) is 20.3 Å². The van der Waals surface area contributed by atoms with Crippen molar-refractivity contribution in [3.8, 4) is 0 Å². The number of aliphatic carboxylic acids is 1. The first-order valence-electron chi connectivity index (χ1n) is 5.08. The van der Waals surface area contributed by atoms with E-state index >= 15 is 0 Å². The number of carboxylic acids is 1. The van der Waals surface area contributed by atoms with E-state index in [0.717, 1.165) is 15.3 Å². The zero-order chi connectivity index (χ0) is 14.0. The topological polar surface area (TPSA) is 120 Å². The number of hydrogen-bond donors (Lipinski definition) is 2. The van der Waals surface area contributed by atoms with Crippen LogP contribution in [0.5, 0.6) is 0 Å². The molecule has 0 aromatic carbocycles. The van der Waals surface area contributed by atoms with Gasteiger partial charge >= 0.3 is 11.7 Å². The summed E-state index contributed by atoms with van der Waals surface area (Å²) < 4.78 is 1.97. The average Bonchev–Trinajstić information content (AvgIpc) is 2.33. The number of rotatable bonds is 3. The predicted molar refractivity (Wildman–Crippen MR) is 66.0 cm³/mol. The lowest BCUT2D eigenvalue weighted by Crippen LogP contribution is -2.40. The van der Waals surface area contributed by atoms with E-state index in [4.69, 9.17) is 10.8 Å². The normalized spacial score (nSPS) is 12.8. The Morgan fingerprint density at radius 1 is 1.39 bits per heavy atom. The lowest BCUT2D eigenvalue weighted by Gasteiger charge is -2.08. The first kappa shape index (κ1) is 13.7. The highest BCUT2D eigenvalue weighted by atomic mass is 16.4. The summed E-state index contributed by atoms with van der Waals surface area (Å²) in [5.41, 5.74) is 4.45. The van der Waals surface area contributed by atoms with Gasteiger partial charge in [0.05, 0.1) is 5.56 Å². The number of nitrogens with two attached hydrogens (primary N) is 1. The molecule has 0 saturated carbocycles. The van der Waals surface area contributed by atoms with E-state index in [9.17, 15) is 14.4 Å². The Morgan fingerprint density at radius 2 is 1.94 bits per heavy atom. The molecule has 8 nitrogen and oxygen atoms in total. The predicted octanol–water partition coefficient (Wildman–Crippen LogP) is -1.44. The molecule has 1 aromatic rings. The molecule has 0 aliphatic rings. The van der Waals surface area contributed by atoms with Crippen LogP contribution >= 0.6 is 0 Å². The number of anilines is 1. The van der Waals surface area contributed by atoms with Crippen molar-refractivity contribution in [2.45, 2.75) is 13.0 Å². The summed E-state index contributed by atoms with van der Waals surface area (Å²) >= 11 is 0. The summed E-state index contributed by atoms with van der Waals surface area (Å²) in [6.07, 6.45) is 1.08. The van der Waals surface area contributed by atoms with Crippen molar-refractivity contribution < 1.29 is 9.90 Å². The fourth-order valence-electron chi connectivity index (χ4n) is 1.26. The number of carbonyl (C=O) groups is 1. The average molecular weight is 254 g/mol. The number of hydrogen-bond acceptors (Lipinski definition) is 5. The van der Waals surface area contributed by atoms with E-state index in [-0.39, 0.29) is 11.4 Å². The fourth-order valence-corrected chi connectivity index (χ4v) is 1.26. The zero-order valence-electron chi connectivity index (χ0n) is 10.2. The molecule has 0 amide bonds. The number of nitrogens with zero attached hydrogens (tertiary/aromatic N) is 3. The third-order valence-electron chi connectivity index (χ3n) is 2.53. The molecule has 8 heteroatoms. The third-order valence-corrected chi connectivity index (χ3v) is 2.53. The monoisotopic (exact) mass is 254 g/mol. The second kappa shape index (κ2) is 4.86. The first-order chi connectivity index (χ1) is 8.27. The van der Waals surface area contributed by atoms with E-state index in [1.54, 1.807) is 0 Å². The molecule has 1 unspecified atom stereocenters. The van der Waals surface area contributed by atoms with Crippen LogP contribution in [0.1, 0.15) is 12.5 Å². The van der Waals surface area contributed by atoms with Crippen LogP contribution in [0.3, 0.4) is 0 Å². The molecule has 1 rings (SSSR count). The molecule has 0 spiro atoms. The molecule has 0 aliphatic carbocycles. The van der Waals surface area contributed by atoms with Gasteiger partial charge in [-0.3, -0.25) is 18.9 Å². The van der Waals surface area contributed by atoms with Crippen LogP contribution in [0, 0.1) is 0 Å². The highest BCUT2D eigenvalue weighted by molar-refractivity contribution is 5.87. The molecule has 98 valence electrons. The summed E-state index contributed by atoms with van der Waals surface area (Å²) in [7, 11) is 2.72. The third kappa shape index (κ3) is 2.31. The maximum Gasteiger partial charge on any atom is 0.332 e. The van der Waals surface area contributed by atoms with E-state index < -0.39 is 23.3 Å². The van der Waals surface area contributed by atoms with E-state index in [1.807, 2.05) is 0 Å². The molecule has 18 heavy (non-hydrogen) atoms. The fraction of sp³-hybridized carbons (Fsp3) is 0.400. The maximum atomic E-state index is 11.8. The Hall–Kier alpha value is -2.38. The van der Waals surface area contributed by atoms with Crippen LogP contribution in [-0.2, 0) is 18.9 Å². The number of carboxylic acid groups (broad SMARTS) is 1. The lowest BCUT2D eigenvalue weighted by atomic mass is 10.3. The van der Waals surface area contributed by atoms with Crippen molar-refractivity contribution in [3.63, 3.8) is 0 Å². The molecule has 1 heterocycles. The summed E-state index contributed by atoms with van der Waals surface area (Å²) in [5, 5.41) is 8.67. The smallest absolute Gasteiger partial charge is 0.332 e. The van der Waals surface area contributed by atoms with Crippen molar-refractivity contribution in [1.29, 1.82) is 0 Å². The minimum Gasteiger partial charge on any atom is -0.480 e. The molecule has 0 fully saturated rings. The maximum absolute atomic E-state index is 11.8.